The Morgan fingerprint density at radius 2 is 2.24 bits per heavy atom. The first-order chi connectivity index (χ1) is 8.29. The summed E-state index contributed by atoms with van der Waals surface area (Å²) in [5.41, 5.74) is 7.01. The van der Waals surface area contributed by atoms with Crippen molar-refractivity contribution in [2.45, 2.75) is 6.54 Å². The van der Waals surface area contributed by atoms with Gasteiger partial charge in [-0.25, -0.2) is 15.0 Å². The van der Waals surface area contributed by atoms with Gasteiger partial charge in [0.1, 0.15) is 18.2 Å². The lowest BCUT2D eigenvalue weighted by Crippen LogP contribution is -2.05. The van der Waals surface area contributed by atoms with Crippen molar-refractivity contribution in [3.8, 4) is 6.07 Å². The second kappa shape index (κ2) is 4.90. The first-order valence-corrected chi connectivity index (χ1v) is 4.95. The number of nitrogen functional groups attached to an aromatic ring is 1. The number of nitriles is 1. The maximum atomic E-state index is 8.79. The normalized spacial score (nSPS) is 9.59. The van der Waals surface area contributed by atoms with Crippen molar-refractivity contribution in [1.82, 2.24) is 15.0 Å². The standard InChI is InChI=1S/C11H10N6/c12-5-10-9(13)1-2-11(17-10)15-6-8-3-4-14-7-16-8/h1-4,7H,6,13H2,(H,15,17). The van der Waals surface area contributed by atoms with E-state index in [-0.39, 0.29) is 5.69 Å². The molecule has 0 aliphatic carbocycles. The molecule has 6 nitrogen and oxygen atoms in total. The van der Waals surface area contributed by atoms with Crippen molar-refractivity contribution in [3.63, 3.8) is 0 Å². The lowest BCUT2D eigenvalue weighted by molar-refractivity contribution is 0.995. The highest BCUT2D eigenvalue weighted by molar-refractivity contribution is 5.54. The molecule has 0 atom stereocenters. The molecule has 0 aliphatic heterocycles. The summed E-state index contributed by atoms with van der Waals surface area (Å²) in [6.07, 6.45) is 3.15. The minimum absolute atomic E-state index is 0.220. The SMILES string of the molecule is N#Cc1nc(NCc2ccncn2)ccc1N. The van der Waals surface area contributed by atoms with E-state index in [4.69, 9.17) is 11.0 Å². The van der Waals surface area contributed by atoms with E-state index in [0.717, 1.165) is 5.69 Å². The van der Waals surface area contributed by atoms with Gasteiger partial charge in [0.2, 0.25) is 0 Å². The van der Waals surface area contributed by atoms with Crippen molar-refractivity contribution < 1.29 is 0 Å². The number of hydrogen-bond donors (Lipinski definition) is 2. The third-order valence-electron chi connectivity index (χ3n) is 2.13. The molecular weight excluding hydrogens is 216 g/mol. The van der Waals surface area contributed by atoms with Crippen LogP contribution in [0.5, 0.6) is 0 Å². The molecule has 0 fully saturated rings. The highest BCUT2D eigenvalue weighted by Crippen LogP contribution is 2.12. The lowest BCUT2D eigenvalue weighted by atomic mass is 10.3. The summed E-state index contributed by atoms with van der Waals surface area (Å²) < 4.78 is 0. The molecule has 0 unspecified atom stereocenters. The highest BCUT2D eigenvalue weighted by atomic mass is 15.0. The van der Waals surface area contributed by atoms with Gasteiger partial charge in [-0.15, -0.1) is 0 Å². The zero-order chi connectivity index (χ0) is 12.1. The number of nitrogens with two attached hydrogens (primary N) is 1. The van der Waals surface area contributed by atoms with Crippen LogP contribution in [0.3, 0.4) is 0 Å². The molecule has 17 heavy (non-hydrogen) atoms. The fourth-order valence-electron chi connectivity index (χ4n) is 1.26. The van der Waals surface area contributed by atoms with Crippen molar-refractivity contribution in [2.75, 3.05) is 11.1 Å². The largest absolute Gasteiger partial charge is 0.396 e. The van der Waals surface area contributed by atoms with Crippen LogP contribution in [0.2, 0.25) is 0 Å². The summed E-state index contributed by atoms with van der Waals surface area (Å²) in [7, 11) is 0. The van der Waals surface area contributed by atoms with Gasteiger partial charge in [0.05, 0.1) is 17.9 Å². The van der Waals surface area contributed by atoms with Gasteiger partial charge >= 0.3 is 0 Å². The number of pyridine rings is 1. The van der Waals surface area contributed by atoms with Crippen LogP contribution < -0.4 is 11.1 Å². The number of nitrogens with one attached hydrogen (secondary N) is 1. The molecule has 2 rings (SSSR count). The highest BCUT2D eigenvalue weighted by Gasteiger charge is 2.01. The van der Waals surface area contributed by atoms with Crippen LogP contribution in [0.1, 0.15) is 11.4 Å². The fraction of sp³-hybridized carbons (Fsp3) is 0.0909. The number of aromatic nitrogens is 3. The van der Waals surface area contributed by atoms with E-state index in [1.807, 2.05) is 6.07 Å². The Labute approximate surface area is 98.2 Å². The van der Waals surface area contributed by atoms with E-state index in [9.17, 15) is 0 Å². The first-order valence-electron chi connectivity index (χ1n) is 4.95. The Bertz CT molecular complexity index is 546. The van der Waals surface area contributed by atoms with E-state index in [1.54, 1.807) is 24.4 Å². The molecule has 0 radical (unpaired) electrons. The van der Waals surface area contributed by atoms with Crippen molar-refractivity contribution >= 4 is 11.5 Å². The van der Waals surface area contributed by atoms with E-state index in [0.29, 0.717) is 18.1 Å². The van der Waals surface area contributed by atoms with Crippen LogP contribution in [-0.2, 0) is 6.54 Å². The molecule has 0 saturated carbocycles. The number of hydrogen-bond acceptors (Lipinski definition) is 6. The molecule has 0 aliphatic rings. The smallest absolute Gasteiger partial charge is 0.165 e. The summed E-state index contributed by atoms with van der Waals surface area (Å²) in [6.45, 7) is 0.518. The number of anilines is 2. The van der Waals surface area contributed by atoms with Crippen LogP contribution >= 0.6 is 0 Å². The van der Waals surface area contributed by atoms with Gasteiger partial charge in [0.15, 0.2) is 5.69 Å². The summed E-state index contributed by atoms with van der Waals surface area (Å²) in [5.74, 6) is 0.592. The van der Waals surface area contributed by atoms with Gasteiger partial charge < -0.3 is 11.1 Å². The molecule has 2 heterocycles. The summed E-state index contributed by atoms with van der Waals surface area (Å²) in [5, 5.41) is 11.8. The molecule has 3 N–H and O–H groups in total. The molecule has 6 heteroatoms. The van der Waals surface area contributed by atoms with E-state index in [2.05, 4.69) is 20.3 Å². The second-order valence-corrected chi connectivity index (χ2v) is 3.30. The molecule has 0 bridgehead atoms. The molecule has 0 spiro atoms. The Hall–Kier alpha value is -2.68. The van der Waals surface area contributed by atoms with Gasteiger partial charge in [0.25, 0.3) is 0 Å². The van der Waals surface area contributed by atoms with Crippen molar-refractivity contribution in [2.24, 2.45) is 0 Å². The van der Waals surface area contributed by atoms with Crippen LogP contribution in [0, 0.1) is 11.3 Å². The van der Waals surface area contributed by atoms with E-state index < -0.39 is 0 Å². The lowest BCUT2D eigenvalue weighted by Gasteiger charge is -2.05. The van der Waals surface area contributed by atoms with Gasteiger partial charge in [-0.05, 0) is 18.2 Å². The first kappa shape index (κ1) is 10.8. The molecule has 0 amide bonds. The summed E-state index contributed by atoms with van der Waals surface area (Å²) in [6, 6.07) is 7.10. The maximum Gasteiger partial charge on any atom is 0.165 e. The zero-order valence-electron chi connectivity index (χ0n) is 8.96. The average Bonchev–Trinajstić information content (AvgIpc) is 2.39. The zero-order valence-corrected chi connectivity index (χ0v) is 8.96. The van der Waals surface area contributed by atoms with Gasteiger partial charge in [-0.3, -0.25) is 0 Å². The van der Waals surface area contributed by atoms with Crippen molar-refractivity contribution in [1.29, 1.82) is 5.26 Å². The predicted molar refractivity (Wildman–Crippen MR) is 62.7 cm³/mol. The monoisotopic (exact) mass is 226 g/mol. The fourth-order valence-corrected chi connectivity index (χ4v) is 1.26. The molecule has 0 aromatic carbocycles. The van der Waals surface area contributed by atoms with E-state index in [1.165, 1.54) is 6.33 Å². The Morgan fingerprint density at radius 3 is 2.94 bits per heavy atom. The van der Waals surface area contributed by atoms with Gasteiger partial charge in [-0.1, -0.05) is 0 Å². The van der Waals surface area contributed by atoms with E-state index >= 15 is 0 Å². The average molecular weight is 226 g/mol. The minimum Gasteiger partial charge on any atom is -0.396 e. The Morgan fingerprint density at radius 1 is 1.35 bits per heavy atom. The summed E-state index contributed by atoms with van der Waals surface area (Å²) in [4.78, 5) is 12.0. The Kier molecular flexibility index (Phi) is 3.12. The van der Waals surface area contributed by atoms with Crippen LogP contribution in [-0.4, -0.2) is 15.0 Å². The second-order valence-electron chi connectivity index (χ2n) is 3.30. The van der Waals surface area contributed by atoms with Crippen LogP contribution in [0.15, 0.2) is 30.7 Å². The quantitative estimate of drug-likeness (QED) is 0.807. The van der Waals surface area contributed by atoms with Gasteiger partial charge in [0, 0.05) is 6.20 Å². The molecule has 2 aromatic heterocycles. The third kappa shape index (κ3) is 2.66. The number of nitrogens with zero attached hydrogens (tertiary/aromatic N) is 4. The molecule has 84 valence electrons. The number of rotatable bonds is 3. The summed E-state index contributed by atoms with van der Waals surface area (Å²) >= 11 is 0. The Balaban J connectivity index is 2.08. The van der Waals surface area contributed by atoms with Crippen molar-refractivity contribution in [3.05, 3.63) is 42.1 Å². The van der Waals surface area contributed by atoms with Crippen LogP contribution in [0.25, 0.3) is 0 Å². The topological polar surface area (TPSA) is 101 Å². The molecular formula is C11H10N6. The maximum absolute atomic E-state index is 8.79. The van der Waals surface area contributed by atoms with Crippen LogP contribution in [0.4, 0.5) is 11.5 Å². The van der Waals surface area contributed by atoms with Gasteiger partial charge in [-0.2, -0.15) is 5.26 Å². The molecule has 0 saturated heterocycles. The predicted octanol–water partition coefficient (Wildman–Crippen LogP) is 0.938. The minimum atomic E-state index is 0.220. The molecule has 2 aromatic rings. The third-order valence-corrected chi connectivity index (χ3v) is 2.13.